The summed E-state index contributed by atoms with van der Waals surface area (Å²) in [5.41, 5.74) is 0. The van der Waals surface area contributed by atoms with Gasteiger partial charge in [0, 0.05) is 19.3 Å². The lowest BCUT2D eigenvalue weighted by atomic mass is 10.0. The number of carbonyl (C=O) groups excluding carboxylic acids is 3. The third-order valence-electron chi connectivity index (χ3n) is 12.8. The van der Waals surface area contributed by atoms with Crippen LogP contribution in [0.3, 0.4) is 0 Å². The first-order valence-electron chi connectivity index (χ1n) is 30.1. The van der Waals surface area contributed by atoms with E-state index in [0.29, 0.717) is 19.3 Å². The average molecular weight is 990 g/mol. The van der Waals surface area contributed by atoms with E-state index in [9.17, 15) is 14.4 Å². The molecular formula is C65H112O6. The Morgan fingerprint density at radius 2 is 0.577 bits per heavy atom. The molecule has 1 atom stereocenters. The number of rotatable bonds is 54. The lowest BCUT2D eigenvalue weighted by molar-refractivity contribution is -0.167. The molecule has 0 heterocycles. The van der Waals surface area contributed by atoms with E-state index in [0.717, 1.165) is 128 Å². The number of hydrogen-bond donors (Lipinski definition) is 0. The average Bonchev–Trinajstić information content (AvgIpc) is 3.37. The second-order valence-electron chi connectivity index (χ2n) is 19.9. The van der Waals surface area contributed by atoms with Crippen LogP contribution in [0.1, 0.15) is 290 Å². The molecule has 0 aromatic heterocycles. The van der Waals surface area contributed by atoms with Gasteiger partial charge in [0.25, 0.3) is 0 Å². The number of hydrogen-bond acceptors (Lipinski definition) is 6. The molecule has 0 radical (unpaired) electrons. The van der Waals surface area contributed by atoms with Gasteiger partial charge in [-0.25, -0.2) is 0 Å². The number of ether oxygens (including phenoxy) is 3. The van der Waals surface area contributed by atoms with Gasteiger partial charge in [-0.3, -0.25) is 14.4 Å². The van der Waals surface area contributed by atoms with Crippen LogP contribution in [-0.4, -0.2) is 37.2 Å². The van der Waals surface area contributed by atoms with Gasteiger partial charge in [0.1, 0.15) is 13.2 Å². The molecule has 0 saturated carbocycles. The van der Waals surface area contributed by atoms with E-state index in [2.05, 4.69) is 106 Å². The Kier molecular flexibility index (Phi) is 56.3. The van der Waals surface area contributed by atoms with Gasteiger partial charge in [-0.15, -0.1) is 0 Å². The summed E-state index contributed by atoms with van der Waals surface area (Å²) in [4.78, 5) is 38.2. The smallest absolute Gasteiger partial charge is 0.306 e. The molecule has 0 aromatic rings. The van der Waals surface area contributed by atoms with Gasteiger partial charge in [0.05, 0.1) is 0 Å². The van der Waals surface area contributed by atoms with Gasteiger partial charge >= 0.3 is 17.9 Å². The van der Waals surface area contributed by atoms with Crippen molar-refractivity contribution in [3.05, 3.63) is 85.1 Å². The van der Waals surface area contributed by atoms with Crippen molar-refractivity contribution in [3.8, 4) is 0 Å². The first kappa shape index (κ1) is 67.6. The van der Waals surface area contributed by atoms with Gasteiger partial charge in [-0.1, -0.05) is 247 Å². The molecule has 0 aliphatic carbocycles. The minimum absolute atomic E-state index is 0.0910. The number of carbonyl (C=O) groups is 3. The van der Waals surface area contributed by atoms with Crippen LogP contribution in [0.25, 0.3) is 0 Å². The molecule has 0 N–H and O–H groups in total. The van der Waals surface area contributed by atoms with Crippen LogP contribution in [0.5, 0.6) is 0 Å². The van der Waals surface area contributed by atoms with Crippen molar-refractivity contribution < 1.29 is 28.6 Å². The largest absolute Gasteiger partial charge is 0.462 e. The second kappa shape index (κ2) is 59.2. The lowest BCUT2D eigenvalue weighted by Crippen LogP contribution is -2.30. The van der Waals surface area contributed by atoms with Crippen LogP contribution in [0, 0.1) is 0 Å². The Morgan fingerprint density at radius 1 is 0.296 bits per heavy atom. The van der Waals surface area contributed by atoms with Crippen LogP contribution in [0.2, 0.25) is 0 Å². The predicted molar refractivity (Wildman–Crippen MR) is 307 cm³/mol. The summed E-state index contributed by atoms with van der Waals surface area (Å²) in [5, 5.41) is 0. The highest BCUT2D eigenvalue weighted by Gasteiger charge is 2.19. The molecule has 0 aliphatic rings. The van der Waals surface area contributed by atoms with Gasteiger partial charge in [-0.2, -0.15) is 0 Å². The van der Waals surface area contributed by atoms with Crippen molar-refractivity contribution in [1.82, 2.24) is 0 Å². The highest BCUT2D eigenvalue weighted by Crippen LogP contribution is 2.16. The van der Waals surface area contributed by atoms with Crippen LogP contribution >= 0.6 is 0 Å². The molecule has 6 heteroatoms. The molecule has 1 unspecified atom stereocenters. The molecule has 0 spiro atoms. The maximum atomic E-state index is 12.9. The van der Waals surface area contributed by atoms with Crippen LogP contribution in [0.4, 0.5) is 0 Å². The van der Waals surface area contributed by atoms with Crippen molar-refractivity contribution >= 4 is 17.9 Å². The summed E-state index contributed by atoms with van der Waals surface area (Å²) < 4.78 is 16.9. The zero-order valence-electron chi connectivity index (χ0n) is 46.7. The van der Waals surface area contributed by atoms with E-state index in [-0.39, 0.29) is 31.1 Å². The number of esters is 3. The summed E-state index contributed by atoms with van der Waals surface area (Å²) in [6, 6.07) is 0. The fourth-order valence-corrected chi connectivity index (χ4v) is 8.35. The summed E-state index contributed by atoms with van der Waals surface area (Å²) in [7, 11) is 0. The molecular weight excluding hydrogens is 877 g/mol. The van der Waals surface area contributed by atoms with Gasteiger partial charge in [0.2, 0.25) is 0 Å². The van der Waals surface area contributed by atoms with Crippen molar-refractivity contribution in [2.45, 2.75) is 297 Å². The topological polar surface area (TPSA) is 78.9 Å². The minimum atomic E-state index is -0.796. The van der Waals surface area contributed by atoms with E-state index >= 15 is 0 Å². The second-order valence-corrected chi connectivity index (χ2v) is 19.9. The Balaban J connectivity index is 4.35. The van der Waals surface area contributed by atoms with Gasteiger partial charge < -0.3 is 14.2 Å². The normalized spacial score (nSPS) is 12.7. The summed E-state index contributed by atoms with van der Waals surface area (Å²) >= 11 is 0. The summed E-state index contributed by atoms with van der Waals surface area (Å²) in [5.74, 6) is -0.924. The van der Waals surface area contributed by atoms with Crippen molar-refractivity contribution in [2.24, 2.45) is 0 Å². The SMILES string of the molecule is CC/C=C\C/C=C\C/C=C\C/C=C\CCCCCCC(=O)OC(COC(=O)CCCCCCC/C=C\C/C=C\CCC)COC(=O)CCCCCCCCCCCCC/C=C\CCCCCCCCCC. The zero-order chi connectivity index (χ0) is 51.4. The fourth-order valence-electron chi connectivity index (χ4n) is 8.35. The van der Waals surface area contributed by atoms with E-state index < -0.39 is 6.10 Å². The van der Waals surface area contributed by atoms with E-state index in [4.69, 9.17) is 14.2 Å². The molecule has 0 rings (SSSR count). The molecule has 71 heavy (non-hydrogen) atoms. The minimum Gasteiger partial charge on any atom is -0.462 e. The molecule has 0 aromatic carbocycles. The maximum absolute atomic E-state index is 12.9. The Hall–Kier alpha value is -3.41. The van der Waals surface area contributed by atoms with Crippen LogP contribution in [0.15, 0.2) is 85.1 Å². The quantitative estimate of drug-likeness (QED) is 0.0261. The monoisotopic (exact) mass is 989 g/mol. The third kappa shape index (κ3) is 57.4. The summed E-state index contributed by atoms with van der Waals surface area (Å²) in [6.07, 6.45) is 77.3. The zero-order valence-corrected chi connectivity index (χ0v) is 46.7. The fraction of sp³-hybridized carbons (Fsp3) is 0.738. The van der Waals surface area contributed by atoms with Gasteiger partial charge in [0.15, 0.2) is 6.10 Å². The predicted octanol–water partition coefficient (Wildman–Crippen LogP) is 20.3. The van der Waals surface area contributed by atoms with E-state index in [1.165, 1.54) is 122 Å². The molecule has 6 nitrogen and oxygen atoms in total. The molecule has 0 saturated heterocycles. The molecule has 0 bridgehead atoms. The Bertz CT molecular complexity index is 1370. The van der Waals surface area contributed by atoms with Crippen molar-refractivity contribution in [3.63, 3.8) is 0 Å². The van der Waals surface area contributed by atoms with Crippen LogP contribution < -0.4 is 0 Å². The van der Waals surface area contributed by atoms with Crippen molar-refractivity contribution in [2.75, 3.05) is 13.2 Å². The number of unbranched alkanes of at least 4 members (excludes halogenated alkanes) is 29. The standard InChI is InChI=1S/C65H112O6/c1-4-7-10-13-16-19-22-25-27-29-30-31-32-33-34-36-37-40-43-46-49-52-55-58-64(67)70-61-62(60-69-63(66)57-54-51-48-45-42-39-24-21-18-15-12-9-6-3)71-65(68)59-56-53-50-47-44-41-38-35-28-26-23-20-17-14-11-8-5-2/h8,11-12,15,17,20-21,24,26,28-30,38,41,62H,4-7,9-10,13-14,16,18-19,22-23,25,27,31-37,39-40,42-61H2,1-3H3/b11-8-,15-12-,20-17-,24-21-,28-26-,30-29-,41-38-. The maximum Gasteiger partial charge on any atom is 0.306 e. The van der Waals surface area contributed by atoms with Crippen molar-refractivity contribution in [1.29, 1.82) is 0 Å². The third-order valence-corrected chi connectivity index (χ3v) is 12.8. The Morgan fingerprint density at radius 3 is 0.930 bits per heavy atom. The molecule has 0 aliphatic heterocycles. The molecule has 0 fully saturated rings. The Labute approximate surface area is 439 Å². The van der Waals surface area contributed by atoms with E-state index in [1.54, 1.807) is 0 Å². The van der Waals surface area contributed by atoms with Crippen LogP contribution in [-0.2, 0) is 28.6 Å². The first-order chi connectivity index (χ1) is 35.0. The van der Waals surface area contributed by atoms with E-state index in [1.807, 2.05) is 0 Å². The summed E-state index contributed by atoms with van der Waals surface area (Å²) in [6.45, 7) is 6.45. The first-order valence-corrected chi connectivity index (χ1v) is 30.1. The van der Waals surface area contributed by atoms with Gasteiger partial charge in [-0.05, 0) is 109 Å². The lowest BCUT2D eigenvalue weighted by Gasteiger charge is -2.18. The number of allylic oxidation sites excluding steroid dienone is 14. The highest BCUT2D eigenvalue weighted by molar-refractivity contribution is 5.71. The molecule has 0 amide bonds. The highest BCUT2D eigenvalue weighted by atomic mass is 16.6. The molecule has 408 valence electrons.